The van der Waals surface area contributed by atoms with Crippen molar-refractivity contribution in [3.8, 4) is 0 Å². The summed E-state index contributed by atoms with van der Waals surface area (Å²) in [6.45, 7) is 0.569. The monoisotopic (exact) mass is 330 g/mol. The van der Waals surface area contributed by atoms with Gasteiger partial charge in [-0.25, -0.2) is 22.4 Å². The largest absolute Gasteiger partial charge is 0.466 e. The van der Waals surface area contributed by atoms with Gasteiger partial charge in [0.05, 0.1) is 19.1 Å². The summed E-state index contributed by atoms with van der Waals surface area (Å²) in [4.78, 5) is 12.0. The van der Waals surface area contributed by atoms with Gasteiger partial charge in [0.2, 0.25) is 0 Å². The fourth-order valence-electron chi connectivity index (χ4n) is 3.26. The van der Waals surface area contributed by atoms with Gasteiger partial charge in [-0.15, -0.1) is 0 Å². The lowest BCUT2D eigenvalue weighted by Crippen LogP contribution is -2.28. The first kappa shape index (κ1) is 16.0. The van der Waals surface area contributed by atoms with Gasteiger partial charge in [-0.05, 0) is 36.1 Å². The normalized spacial score (nSPS) is 25.7. The molecule has 0 bridgehead atoms. The molecule has 0 saturated carbocycles. The van der Waals surface area contributed by atoms with Crippen molar-refractivity contribution in [3.05, 3.63) is 40.5 Å². The van der Waals surface area contributed by atoms with Gasteiger partial charge in [0.15, 0.2) is 11.6 Å². The summed E-state index contributed by atoms with van der Waals surface area (Å²) in [7, 11) is 1.14. The van der Waals surface area contributed by atoms with E-state index in [0.717, 1.165) is 13.2 Å². The minimum atomic E-state index is -3.09. The average Bonchev–Trinajstić information content (AvgIpc) is 3.03. The summed E-state index contributed by atoms with van der Waals surface area (Å²) in [6, 6.07) is 2.17. The van der Waals surface area contributed by atoms with Crippen LogP contribution in [0, 0.1) is 24.5 Å². The van der Waals surface area contributed by atoms with Crippen molar-refractivity contribution in [3.63, 3.8) is 0 Å². The maximum atomic E-state index is 13.9. The third kappa shape index (κ3) is 2.34. The summed E-state index contributed by atoms with van der Waals surface area (Å²) in [5, 5.41) is 0. The standard InChI is InChI=1S/C16H14F4O3/c1-7-8(3-4-11(17)13(7)18)12-9(15(21)22-2)5-10-14(12)23-6-16(10,19)20/h3-4,10,14H,5-6H2,1-2H3. The van der Waals surface area contributed by atoms with Gasteiger partial charge in [-0.1, -0.05) is 6.07 Å². The van der Waals surface area contributed by atoms with Crippen LogP contribution in [0.3, 0.4) is 0 Å². The molecule has 0 radical (unpaired) electrons. The van der Waals surface area contributed by atoms with E-state index in [1.807, 2.05) is 0 Å². The Kier molecular flexibility index (Phi) is 3.71. The predicted molar refractivity (Wildman–Crippen MR) is 72.8 cm³/mol. The first-order valence-corrected chi connectivity index (χ1v) is 7.03. The zero-order valence-electron chi connectivity index (χ0n) is 12.5. The molecular weight excluding hydrogens is 316 g/mol. The van der Waals surface area contributed by atoms with Gasteiger partial charge in [0, 0.05) is 5.57 Å². The van der Waals surface area contributed by atoms with E-state index in [4.69, 9.17) is 4.74 Å². The topological polar surface area (TPSA) is 35.5 Å². The Hall–Kier alpha value is -1.89. The molecule has 7 heteroatoms. The molecule has 3 nitrogen and oxygen atoms in total. The summed E-state index contributed by atoms with van der Waals surface area (Å²) in [5.74, 6) is -7.18. The smallest absolute Gasteiger partial charge is 0.334 e. The van der Waals surface area contributed by atoms with Crippen molar-refractivity contribution in [2.45, 2.75) is 25.4 Å². The van der Waals surface area contributed by atoms with Gasteiger partial charge >= 0.3 is 5.97 Å². The lowest BCUT2D eigenvalue weighted by atomic mass is 9.92. The fraction of sp³-hybridized carbons (Fsp3) is 0.438. The molecule has 0 amide bonds. The van der Waals surface area contributed by atoms with E-state index in [2.05, 4.69) is 4.74 Å². The van der Waals surface area contributed by atoms with E-state index in [0.29, 0.717) is 0 Å². The van der Waals surface area contributed by atoms with E-state index < -0.39 is 42.2 Å². The number of carbonyl (C=O) groups excluding carboxylic acids is 1. The van der Waals surface area contributed by atoms with E-state index in [1.165, 1.54) is 13.0 Å². The molecule has 1 heterocycles. The van der Waals surface area contributed by atoms with Crippen molar-refractivity contribution in [2.24, 2.45) is 5.92 Å². The fourth-order valence-corrected chi connectivity index (χ4v) is 3.26. The maximum Gasteiger partial charge on any atom is 0.334 e. The van der Waals surface area contributed by atoms with Gasteiger partial charge in [0.1, 0.15) is 6.61 Å². The Bertz CT molecular complexity index is 712. The van der Waals surface area contributed by atoms with Crippen molar-refractivity contribution in [2.75, 3.05) is 13.7 Å². The van der Waals surface area contributed by atoms with Crippen LogP contribution in [0.1, 0.15) is 17.5 Å². The molecule has 2 unspecified atom stereocenters. The highest BCUT2D eigenvalue weighted by Gasteiger charge is 2.57. The lowest BCUT2D eigenvalue weighted by molar-refractivity contribution is -0.136. The SMILES string of the molecule is COC(=O)C1=C(c2ccc(F)c(F)c2C)C2OCC(F)(F)C2C1. The zero-order chi connectivity index (χ0) is 16.9. The molecule has 2 atom stereocenters. The molecule has 2 aliphatic rings. The average molecular weight is 330 g/mol. The number of fused-ring (bicyclic) bond motifs is 1. The first-order chi connectivity index (χ1) is 10.8. The molecule has 0 N–H and O–H groups in total. The second kappa shape index (κ2) is 5.33. The molecular formula is C16H14F4O3. The summed E-state index contributed by atoms with van der Waals surface area (Å²) in [5.41, 5.74) is 0.321. The van der Waals surface area contributed by atoms with E-state index >= 15 is 0 Å². The summed E-state index contributed by atoms with van der Waals surface area (Å²) < 4.78 is 64.9. The number of ether oxygens (including phenoxy) is 2. The second-order valence-electron chi connectivity index (χ2n) is 5.72. The molecule has 1 fully saturated rings. The Balaban J connectivity index is 2.17. The third-order valence-electron chi connectivity index (χ3n) is 4.46. The summed E-state index contributed by atoms with van der Waals surface area (Å²) in [6.07, 6.45) is -1.26. The second-order valence-corrected chi connectivity index (χ2v) is 5.72. The van der Waals surface area contributed by atoms with Crippen molar-refractivity contribution in [1.82, 2.24) is 0 Å². The predicted octanol–water partition coefficient (Wildman–Crippen LogP) is 3.25. The lowest BCUT2D eigenvalue weighted by Gasteiger charge is -2.17. The molecule has 124 valence electrons. The van der Waals surface area contributed by atoms with E-state index in [1.54, 1.807) is 0 Å². The van der Waals surface area contributed by atoms with Gasteiger partial charge < -0.3 is 9.47 Å². The van der Waals surface area contributed by atoms with Crippen molar-refractivity contribution < 1.29 is 31.8 Å². The highest BCUT2D eigenvalue weighted by atomic mass is 19.3. The molecule has 23 heavy (non-hydrogen) atoms. The Morgan fingerprint density at radius 2 is 2.04 bits per heavy atom. The van der Waals surface area contributed by atoms with Crippen LogP contribution in [-0.2, 0) is 14.3 Å². The van der Waals surface area contributed by atoms with Crippen LogP contribution in [0.4, 0.5) is 17.6 Å². The van der Waals surface area contributed by atoms with Gasteiger partial charge in [-0.2, -0.15) is 0 Å². The Morgan fingerprint density at radius 3 is 2.70 bits per heavy atom. The minimum absolute atomic E-state index is 0.0241. The number of carbonyl (C=O) groups is 1. The van der Waals surface area contributed by atoms with Crippen LogP contribution in [0.2, 0.25) is 0 Å². The number of hydrogen-bond donors (Lipinski definition) is 0. The van der Waals surface area contributed by atoms with Crippen LogP contribution < -0.4 is 0 Å². The molecule has 1 saturated heterocycles. The first-order valence-electron chi connectivity index (χ1n) is 7.03. The summed E-state index contributed by atoms with van der Waals surface area (Å²) >= 11 is 0. The minimum Gasteiger partial charge on any atom is -0.466 e. The quantitative estimate of drug-likeness (QED) is 0.617. The van der Waals surface area contributed by atoms with Crippen LogP contribution in [0.25, 0.3) is 5.57 Å². The van der Waals surface area contributed by atoms with Crippen LogP contribution >= 0.6 is 0 Å². The number of halogens is 4. The van der Waals surface area contributed by atoms with Crippen LogP contribution in [0.15, 0.2) is 17.7 Å². The highest BCUT2D eigenvalue weighted by molar-refractivity contribution is 6.00. The van der Waals surface area contributed by atoms with Crippen LogP contribution in [0.5, 0.6) is 0 Å². The van der Waals surface area contributed by atoms with Crippen molar-refractivity contribution in [1.29, 1.82) is 0 Å². The Labute approximate surface area is 129 Å². The molecule has 0 spiro atoms. The molecule has 3 rings (SSSR count). The number of benzene rings is 1. The molecule has 1 aliphatic heterocycles. The maximum absolute atomic E-state index is 13.9. The molecule has 1 aliphatic carbocycles. The van der Waals surface area contributed by atoms with E-state index in [-0.39, 0.29) is 28.7 Å². The third-order valence-corrected chi connectivity index (χ3v) is 4.46. The molecule has 1 aromatic carbocycles. The van der Waals surface area contributed by atoms with Gasteiger partial charge in [0.25, 0.3) is 5.92 Å². The molecule has 1 aromatic rings. The Morgan fingerprint density at radius 1 is 1.35 bits per heavy atom. The zero-order valence-corrected chi connectivity index (χ0v) is 12.5. The number of alkyl halides is 2. The van der Waals surface area contributed by atoms with E-state index in [9.17, 15) is 22.4 Å². The number of hydrogen-bond acceptors (Lipinski definition) is 3. The number of esters is 1. The number of rotatable bonds is 2. The van der Waals surface area contributed by atoms with Crippen molar-refractivity contribution >= 4 is 11.5 Å². The van der Waals surface area contributed by atoms with Crippen LogP contribution in [-0.4, -0.2) is 31.7 Å². The highest BCUT2D eigenvalue weighted by Crippen LogP contribution is 2.51. The number of methoxy groups -OCH3 is 1. The molecule has 0 aromatic heterocycles. The van der Waals surface area contributed by atoms with Gasteiger partial charge in [-0.3, -0.25) is 0 Å².